The predicted octanol–water partition coefficient (Wildman–Crippen LogP) is 1.55. The van der Waals surface area contributed by atoms with Crippen molar-refractivity contribution in [1.82, 2.24) is 4.90 Å². The first-order valence-electron chi connectivity index (χ1n) is 11.4. The first-order chi connectivity index (χ1) is 14.4. The van der Waals surface area contributed by atoms with Gasteiger partial charge in [-0.2, -0.15) is 0 Å². The van der Waals surface area contributed by atoms with Gasteiger partial charge in [0, 0.05) is 24.9 Å². The molecule has 30 heavy (non-hydrogen) atoms. The normalized spacial score (nSPS) is 35.4. The SMILES string of the molecule is CCC(CC)(CC)OC(=O)C1C2CC3C(OC(=O)C31)C2OC(=O)CN1CCOCC1. The number of nitrogens with zero attached hydrogens (tertiary/aromatic N) is 1. The quantitative estimate of drug-likeness (QED) is 0.429. The molecule has 8 heteroatoms. The summed E-state index contributed by atoms with van der Waals surface area (Å²) in [7, 11) is 0. The Kier molecular flexibility index (Phi) is 6.08. The maximum atomic E-state index is 13.2. The minimum absolute atomic E-state index is 0.0690. The van der Waals surface area contributed by atoms with E-state index in [-0.39, 0.29) is 36.3 Å². The van der Waals surface area contributed by atoms with Gasteiger partial charge in [-0.1, -0.05) is 20.8 Å². The van der Waals surface area contributed by atoms with Crippen LogP contribution >= 0.6 is 0 Å². The molecule has 0 N–H and O–H groups in total. The maximum Gasteiger partial charge on any atom is 0.320 e. The molecule has 2 heterocycles. The number of fused-ring (bicyclic) bond motifs is 1. The molecule has 0 amide bonds. The van der Waals surface area contributed by atoms with Crippen LogP contribution in [0.1, 0.15) is 46.5 Å². The van der Waals surface area contributed by atoms with Gasteiger partial charge >= 0.3 is 17.9 Å². The molecule has 6 atom stereocenters. The van der Waals surface area contributed by atoms with E-state index in [1.54, 1.807) is 0 Å². The monoisotopic (exact) mass is 423 g/mol. The highest BCUT2D eigenvalue weighted by molar-refractivity contribution is 5.86. The molecule has 2 saturated heterocycles. The van der Waals surface area contributed by atoms with Gasteiger partial charge in [0.15, 0.2) is 0 Å². The van der Waals surface area contributed by atoms with Crippen molar-refractivity contribution in [1.29, 1.82) is 0 Å². The zero-order valence-corrected chi connectivity index (χ0v) is 18.1. The average Bonchev–Trinajstić information content (AvgIpc) is 3.36. The molecule has 4 fully saturated rings. The standard InChI is InChI=1S/C22H33NO7/c1-4-22(5-2,6-3)30-21(26)17-14-11-13-16(17)20(25)29-19(13)18(14)28-15(24)12-23-7-9-27-10-8-23/h13-14,16-19H,4-12H2,1-3H3. The van der Waals surface area contributed by atoms with E-state index >= 15 is 0 Å². The summed E-state index contributed by atoms with van der Waals surface area (Å²) >= 11 is 0. The van der Waals surface area contributed by atoms with Crippen LogP contribution in [-0.2, 0) is 33.3 Å². The largest absolute Gasteiger partial charge is 0.459 e. The Hall–Kier alpha value is -1.67. The molecule has 8 nitrogen and oxygen atoms in total. The number of hydrogen-bond acceptors (Lipinski definition) is 8. The van der Waals surface area contributed by atoms with E-state index in [0.717, 1.165) is 19.3 Å². The van der Waals surface area contributed by atoms with Crippen LogP contribution in [0.3, 0.4) is 0 Å². The van der Waals surface area contributed by atoms with E-state index in [1.807, 2.05) is 25.7 Å². The third-order valence-corrected chi connectivity index (χ3v) is 7.79. The van der Waals surface area contributed by atoms with Gasteiger partial charge in [0.1, 0.15) is 17.8 Å². The fourth-order valence-electron chi connectivity index (χ4n) is 5.85. The Labute approximate surface area is 177 Å². The van der Waals surface area contributed by atoms with Gasteiger partial charge in [-0.25, -0.2) is 0 Å². The summed E-state index contributed by atoms with van der Waals surface area (Å²) in [5, 5.41) is 0. The van der Waals surface area contributed by atoms with Gasteiger partial charge in [0.25, 0.3) is 0 Å². The van der Waals surface area contributed by atoms with Gasteiger partial charge in [-0.3, -0.25) is 19.3 Å². The number of morpholine rings is 1. The second-order valence-corrected chi connectivity index (χ2v) is 9.02. The number of esters is 3. The van der Waals surface area contributed by atoms with Gasteiger partial charge in [-0.05, 0) is 25.7 Å². The van der Waals surface area contributed by atoms with E-state index in [1.165, 1.54) is 0 Å². The number of carbonyl (C=O) groups excluding carboxylic acids is 3. The second kappa shape index (κ2) is 8.46. The first-order valence-corrected chi connectivity index (χ1v) is 11.4. The third-order valence-electron chi connectivity index (χ3n) is 7.79. The molecular formula is C22H33NO7. The van der Waals surface area contributed by atoms with Crippen LogP contribution in [0.15, 0.2) is 0 Å². The zero-order valence-electron chi connectivity index (χ0n) is 18.1. The van der Waals surface area contributed by atoms with Crippen LogP contribution in [0.5, 0.6) is 0 Å². The van der Waals surface area contributed by atoms with Crippen LogP contribution in [-0.4, -0.2) is 73.5 Å². The summed E-state index contributed by atoms with van der Waals surface area (Å²) in [4.78, 5) is 40.3. The van der Waals surface area contributed by atoms with Crippen LogP contribution in [0.25, 0.3) is 0 Å². The summed E-state index contributed by atoms with van der Waals surface area (Å²) in [6.07, 6.45) is 1.84. The lowest BCUT2D eigenvalue weighted by Gasteiger charge is -2.35. The molecule has 4 rings (SSSR count). The Morgan fingerprint density at radius 2 is 1.77 bits per heavy atom. The maximum absolute atomic E-state index is 13.2. The Morgan fingerprint density at radius 3 is 2.40 bits per heavy atom. The van der Waals surface area contributed by atoms with Gasteiger partial charge in [0.2, 0.25) is 0 Å². The van der Waals surface area contributed by atoms with Crippen molar-refractivity contribution in [3.8, 4) is 0 Å². The molecule has 4 aliphatic rings. The summed E-state index contributed by atoms with van der Waals surface area (Å²) in [6, 6.07) is 0. The summed E-state index contributed by atoms with van der Waals surface area (Å²) < 4.78 is 22.7. The van der Waals surface area contributed by atoms with Crippen molar-refractivity contribution >= 4 is 17.9 Å². The van der Waals surface area contributed by atoms with E-state index in [2.05, 4.69) is 0 Å². The molecule has 2 saturated carbocycles. The van der Waals surface area contributed by atoms with E-state index in [9.17, 15) is 14.4 Å². The van der Waals surface area contributed by atoms with Gasteiger partial charge in [-0.15, -0.1) is 0 Å². The molecule has 0 radical (unpaired) electrons. The molecule has 6 unspecified atom stereocenters. The predicted molar refractivity (Wildman–Crippen MR) is 105 cm³/mol. The summed E-state index contributed by atoms with van der Waals surface area (Å²) in [5.74, 6) is -2.38. The lowest BCUT2D eigenvalue weighted by Crippen LogP contribution is -2.47. The van der Waals surface area contributed by atoms with Crippen LogP contribution in [0.4, 0.5) is 0 Å². The molecule has 2 aliphatic carbocycles. The highest BCUT2D eigenvalue weighted by Gasteiger charge is 2.70. The van der Waals surface area contributed by atoms with Crippen molar-refractivity contribution < 1.29 is 33.3 Å². The fourth-order valence-corrected chi connectivity index (χ4v) is 5.85. The van der Waals surface area contributed by atoms with Crippen molar-refractivity contribution in [2.24, 2.45) is 23.7 Å². The Bertz CT molecular complexity index is 677. The Balaban J connectivity index is 1.46. The smallest absolute Gasteiger partial charge is 0.320 e. The van der Waals surface area contributed by atoms with E-state index in [4.69, 9.17) is 18.9 Å². The number of hydrogen-bond donors (Lipinski definition) is 0. The number of ether oxygens (including phenoxy) is 4. The molecule has 2 aliphatic heterocycles. The minimum atomic E-state index is -0.591. The second-order valence-electron chi connectivity index (χ2n) is 9.02. The summed E-state index contributed by atoms with van der Waals surface area (Å²) in [5.41, 5.74) is -0.511. The van der Waals surface area contributed by atoms with Crippen molar-refractivity contribution in [3.05, 3.63) is 0 Å². The zero-order chi connectivity index (χ0) is 21.5. The molecule has 0 spiro atoms. The minimum Gasteiger partial charge on any atom is -0.459 e. The number of rotatable bonds is 8. The van der Waals surface area contributed by atoms with E-state index < -0.39 is 29.6 Å². The molecule has 168 valence electrons. The average molecular weight is 424 g/mol. The van der Waals surface area contributed by atoms with Crippen LogP contribution < -0.4 is 0 Å². The third kappa shape index (κ3) is 3.62. The highest BCUT2D eigenvalue weighted by atomic mass is 16.6. The van der Waals surface area contributed by atoms with Gasteiger partial charge < -0.3 is 18.9 Å². The Morgan fingerprint density at radius 1 is 1.10 bits per heavy atom. The fraction of sp³-hybridized carbons (Fsp3) is 0.864. The topological polar surface area (TPSA) is 91.4 Å². The van der Waals surface area contributed by atoms with Crippen LogP contribution in [0, 0.1) is 23.7 Å². The lowest BCUT2D eigenvalue weighted by molar-refractivity contribution is -0.176. The van der Waals surface area contributed by atoms with Crippen LogP contribution in [0.2, 0.25) is 0 Å². The lowest BCUT2D eigenvalue weighted by atomic mass is 9.78. The van der Waals surface area contributed by atoms with Gasteiger partial charge in [0.05, 0.1) is 31.6 Å². The van der Waals surface area contributed by atoms with Crippen molar-refractivity contribution in [3.63, 3.8) is 0 Å². The first kappa shape index (κ1) is 21.6. The van der Waals surface area contributed by atoms with Crippen molar-refractivity contribution in [2.45, 2.75) is 64.3 Å². The molecule has 2 bridgehead atoms. The highest BCUT2D eigenvalue weighted by Crippen LogP contribution is 2.59. The van der Waals surface area contributed by atoms with Crippen molar-refractivity contribution in [2.75, 3.05) is 32.8 Å². The summed E-state index contributed by atoms with van der Waals surface area (Å²) in [6.45, 7) is 8.80. The molecule has 0 aromatic carbocycles. The van der Waals surface area contributed by atoms with E-state index in [0.29, 0.717) is 32.7 Å². The molecular weight excluding hydrogens is 390 g/mol. The number of carbonyl (C=O) groups is 3. The molecule has 0 aromatic heterocycles. The molecule has 0 aromatic rings.